The lowest BCUT2D eigenvalue weighted by Gasteiger charge is -2.04. The molecule has 1 aliphatic heterocycles. The van der Waals surface area contributed by atoms with E-state index < -0.39 is 9.84 Å². The fraction of sp³-hybridized carbons (Fsp3) is 0.455. The van der Waals surface area contributed by atoms with Gasteiger partial charge in [-0.15, -0.1) is 0 Å². The summed E-state index contributed by atoms with van der Waals surface area (Å²) in [5.41, 5.74) is 7.58. The lowest BCUT2D eigenvalue weighted by molar-refractivity contribution is 0.590. The number of nitrogens with two attached hydrogens (primary N) is 1. The van der Waals surface area contributed by atoms with Crippen LogP contribution in [0.2, 0.25) is 0 Å². The lowest BCUT2D eigenvalue weighted by Crippen LogP contribution is -2.11. The monoisotopic (exact) mass is 225 g/mol. The molecule has 0 bridgehead atoms. The van der Waals surface area contributed by atoms with Crippen LogP contribution in [0.3, 0.4) is 0 Å². The number of hydrogen-bond acceptors (Lipinski definition) is 3. The van der Waals surface area contributed by atoms with Gasteiger partial charge in [0.05, 0.1) is 10.1 Å². The Morgan fingerprint density at radius 1 is 1.47 bits per heavy atom. The molecule has 15 heavy (non-hydrogen) atoms. The first kappa shape index (κ1) is 10.6. The highest BCUT2D eigenvalue weighted by Gasteiger charge is 2.34. The van der Waals surface area contributed by atoms with Crippen LogP contribution in [0.1, 0.15) is 18.1 Å². The molecule has 1 aliphatic rings. The van der Waals surface area contributed by atoms with Gasteiger partial charge < -0.3 is 5.73 Å². The van der Waals surface area contributed by atoms with Crippen LogP contribution in [-0.2, 0) is 22.7 Å². The summed E-state index contributed by atoms with van der Waals surface area (Å²) in [7, 11) is -3.07. The van der Waals surface area contributed by atoms with Crippen molar-refractivity contribution in [1.82, 2.24) is 0 Å². The quantitative estimate of drug-likeness (QED) is 0.813. The summed E-state index contributed by atoms with van der Waals surface area (Å²) in [6, 6.07) is 5.48. The predicted octanol–water partition coefficient (Wildman–Crippen LogP) is 0.906. The van der Waals surface area contributed by atoms with Crippen molar-refractivity contribution in [2.75, 3.05) is 6.54 Å². The van der Waals surface area contributed by atoms with Gasteiger partial charge in [-0.05, 0) is 43.5 Å². The van der Waals surface area contributed by atoms with Crippen LogP contribution < -0.4 is 5.73 Å². The third-order valence-corrected chi connectivity index (χ3v) is 5.19. The van der Waals surface area contributed by atoms with Gasteiger partial charge in [0, 0.05) is 0 Å². The van der Waals surface area contributed by atoms with Crippen molar-refractivity contribution in [3.63, 3.8) is 0 Å². The summed E-state index contributed by atoms with van der Waals surface area (Å²) in [6.07, 6.45) is 1.39. The molecule has 1 aromatic rings. The van der Waals surface area contributed by atoms with E-state index in [0.717, 1.165) is 17.5 Å². The van der Waals surface area contributed by atoms with Crippen LogP contribution in [0.15, 0.2) is 23.1 Å². The van der Waals surface area contributed by atoms with Crippen molar-refractivity contribution in [1.29, 1.82) is 0 Å². The molecule has 0 fully saturated rings. The average Bonchev–Trinajstić information content (AvgIpc) is 2.41. The zero-order chi connectivity index (χ0) is 11.1. The molecular weight excluding hydrogens is 210 g/mol. The van der Waals surface area contributed by atoms with E-state index in [4.69, 9.17) is 5.73 Å². The molecule has 2 N–H and O–H groups in total. The Bertz CT molecular complexity index is 479. The third-order valence-electron chi connectivity index (χ3n) is 2.97. The predicted molar refractivity (Wildman–Crippen MR) is 59.6 cm³/mol. The highest BCUT2D eigenvalue weighted by Crippen LogP contribution is 2.33. The summed E-state index contributed by atoms with van der Waals surface area (Å²) in [5.74, 6) is 0. The van der Waals surface area contributed by atoms with Crippen molar-refractivity contribution < 1.29 is 8.42 Å². The van der Waals surface area contributed by atoms with E-state index in [2.05, 4.69) is 0 Å². The topological polar surface area (TPSA) is 60.2 Å². The standard InChI is InChI=1S/C11H15NO2S/c1-8-7-10-9(5-6-12)3-2-4-11(10)15(8,13)14/h2-4,8H,5-7,12H2,1H3. The molecule has 0 aliphatic carbocycles. The summed E-state index contributed by atoms with van der Waals surface area (Å²) >= 11 is 0. The summed E-state index contributed by atoms with van der Waals surface area (Å²) in [5, 5.41) is -0.286. The molecule has 0 aromatic heterocycles. The Labute approximate surface area is 90.2 Å². The molecular formula is C11H15NO2S. The minimum Gasteiger partial charge on any atom is -0.330 e. The average molecular weight is 225 g/mol. The first-order valence-electron chi connectivity index (χ1n) is 5.12. The molecule has 4 heteroatoms. The highest BCUT2D eigenvalue weighted by atomic mass is 32.2. The summed E-state index contributed by atoms with van der Waals surface area (Å²) in [6.45, 7) is 2.33. The zero-order valence-corrected chi connectivity index (χ0v) is 9.55. The minimum absolute atomic E-state index is 0.286. The summed E-state index contributed by atoms with van der Waals surface area (Å²) in [4.78, 5) is 0.515. The molecule has 1 atom stereocenters. The van der Waals surface area contributed by atoms with Crippen LogP contribution in [-0.4, -0.2) is 20.2 Å². The molecule has 1 heterocycles. The molecule has 2 rings (SSSR count). The minimum atomic E-state index is -3.07. The van der Waals surface area contributed by atoms with Crippen molar-refractivity contribution in [3.05, 3.63) is 29.3 Å². The number of sulfone groups is 1. The van der Waals surface area contributed by atoms with E-state index in [-0.39, 0.29) is 5.25 Å². The SMILES string of the molecule is CC1Cc2c(CCN)cccc2S1(=O)=O. The van der Waals surface area contributed by atoms with Gasteiger partial charge >= 0.3 is 0 Å². The lowest BCUT2D eigenvalue weighted by atomic mass is 10.0. The number of fused-ring (bicyclic) bond motifs is 1. The Hall–Kier alpha value is -0.870. The fourth-order valence-electron chi connectivity index (χ4n) is 2.11. The first-order chi connectivity index (χ1) is 7.07. The van der Waals surface area contributed by atoms with Gasteiger partial charge in [-0.3, -0.25) is 0 Å². The molecule has 0 saturated heterocycles. The van der Waals surface area contributed by atoms with Gasteiger partial charge in [0.1, 0.15) is 0 Å². The zero-order valence-electron chi connectivity index (χ0n) is 8.73. The van der Waals surface area contributed by atoms with Gasteiger partial charge in [0.25, 0.3) is 0 Å². The molecule has 0 saturated carbocycles. The van der Waals surface area contributed by atoms with Gasteiger partial charge in [-0.1, -0.05) is 12.1 Å². The Morgan fingerprint density at radius 2 is 2.20 bits per heavy atom. The van der Waals surface area contributed by atoms with E-state index in [9.17, 15) is 8.42 Å². The van der Waals surface area contributed by atoms with Gasteiger partial charge in [-0.25, -0.2) is 8.42 Å². The fourth-order valence-corrected chi connectivity index (χ4v) is 3.76. The smallest absolute Gasteiger partial charge is 0.181 e. The molecule has 0 spiro atoms. The van der Waals surface area contributed by atoms with E-state index in [0.29, 0.717) is 17.9 Å². The van der Waals surface area contributed by atoms with Crippen LogP contribution >= 0.6 is 0 Å². The van der Waals surface area contributed by atoms with Gasteiger partial charge in [-0.2, -0.15) is 0 Å². The van der Waals surface area contributed by atoms with Crippen molar-refractivity contribution in [2.45, 2.75) is 29.9 Å². The second kappa shape index (κ2) is 3.61. The highest BCUT2D eigenvalue weighted by molar-refractivity contribution is 7.92. The maximum atomic E-state index is 11.9. The molecule has 1 unspecified atom stereocenters. The van der Waals surface area contributed by atoms with Crippen LogP contribution in [0.4, 0.5) is 0 Å². The number of rotatable bonds is 2. The van der Waals surface area contributed by atoms with Gasteiger partial charge in [0.2, 0.25) is 0 Å². The van der Waals surface area contributed by atoms with Crippen molar-refractivity contribution in [2.24, 2.45) is 5.73 Å². The number of hydrogen-bond donors (Lipinski definition) is 1. The van der Waals surface area contributed by atoms with Crippen molar-refractivity contribution >= 4 is 9.84 Å². The summed E-state index contributed by atoms with van der Waals surface area (Å²) < 4.78 is 23.8. The molecule has 3 nitrogen and oxygen atoms in total. The van der Waals surface area contributed by atoms with E-state index in [1.807, 2.05) is 6.07 Å². The van der Waals surface area contributed by atoms with Gasteiger partial charge in [0.15, 0.2) is 9.84 Å². The second-order valence-corrected chi connectivity index (χ2v) is 6.33. The van der Waals surface area contributed by atoms with Crippen molar-refractivity contribution in [3.8, 4) is 0 Å². The van der Waals surface area contributed by atoms with Crippen LogP contribution in [0.5, 0.6) is 0 Å². The number of benzene rings is 1. The Balaban J connectivity index is 2.58. The van der Waals surface area contributed by atoms with Crippen LogP contribution in [0.25, 0.3) is 0 Å². The molecule has 0 radical (unpaired) electrons. The largest absolute Gasteiger partial charge is 0.330 e. The maximum absolute atomic E-state index is 11.9. The molecule has 0 amide bonds. The van der Waals surface area contributed by atoms with Crippen LogP contribution in [0, 0.1) is 0 Å². The Morgan fingerprint density at radius 3 is 2.87 bits per heavy atom. The van der Waals surface area contributed by atoms with E-state index >= 15 is 0 Å². The Kier molecular flexibility index (Phi) is 2.56. The molecule has 82 valence electrons. The third kappa shape index (κ3) is 1.58. The maximum Gasteiger partial charge on any atom is 0.181 e. The first-order valence-corrected chi connectivity index (χ1v) is 6.66. The molecule has 1 aromatic carbocycles. The van der Waals surface area contributed by atoms with E-state index in [1.54, 1.807) is 19.1 Å². The normalized spacial score (nSPS) is 22.7. The second-order valence-electron chi connectivity index (χ2n) is 3.99. The van der Waals surface area contributed by atoms with E-state index in [1.165, 1.54) is 0 Å².